The van der Waals surface area contributed by atoms with E-state index in [9.17, 15) is 9.18 Å². The van der Waals surface area contributed by atoms with Crippen molar-refractivity contribution in [1.82, 2.24) is 0 Å². The van der Waals surface area contributed by atoms with E-state index < -0.39 is 5.82 Å². The van der Waals surface area contributed by atoms with Crippen molar-refractivity contribution in [2.45, 2.75) is 13.3 Å². The third-order valence-electron chi connectivity index (χ3n) is 1.93. The Labute approximate surface area is 86.9 Å². The van der Waals surface area contributed by atoms with E-state index in [2.05, 4.69) is 0 Å². The second-order valence-corrected chi connectivity index (χ2v) is 3.39. The van der Waals surface area contributed by atoms with E-state index in [1.54, 1.807) is 6.92 Å². The number of hydrogen-bond donors (Lipinski definition) is 1. The second-order valence-electron chi connectivity index (χ2n) is 3.02. The minimum Gasteiger partial charge on any atom is -0.330 e. The molecule has 1 rings (SSSR count). The standard InChI is InChI=1S/C10H11ClFNO/c1-6-2-3-7(12)9(10(6)11)8(14)4-5-13/h2-3H,4-5,13H2,1H3. The molecule has 0 aliphatic rings. The number of halogens is 2. The fraction of sp³-hybridized carbons (Fsp3) is 0.300. The molecule has 0 fully saturated rings. The molecule has 2 nitrogen and oxygen atoms in total. The number of ketones is 1. The Hall–Kier alpha value is -0.930. The molecule has 0 atom stereocenters. The van der Waals surface area contributed by atoms with Crippen LogP contribution in [0.4, 0.5) is 4.39 Å². The van der Waals surface area contributed by atoms with Gasteiger partial charge in [0, 0.05) is 6.42 Å². The molecule has 0 saturated carbocycles. The summed E-state index contributed by atoms with van der Waals surface area (Å²) in [6.45, 7) is 1.92. The van der Waals surface area contributed by atoms with Crippen molar-refractivity contribution in [3.8, 4) is 0 Å². The van der Waals surface area contributed by atoms with Crippen molar-refractivity contribution in [2.75, 3.05) is 6.54 Å². The molecule has 0 spiro atoms. The van der Waals surface area contributed by atoms with E-state index in [4.69, 9.17) is 17.3 Å². The summed E-state index contributed by atoms with van der Waals surface area (Å²) in [7, 11) is 0. The van der Waals surface area contributed by atoms with E-state index in [1.165, 1.54) is 12.1 Å². The van der Waals surface area contributed by atoms with Gasteiger partial charge in [-0.15, -0.1) is 0 Å². The summed E-state index contributed by atoms with van der Waals surface area (Å²) in [4.78, 5) is 11.4. The van der Waals surface area contributed by atoms with Crippen molar-refractivity contribution in [3.63, 3.8) is 0 Å². The maximum atomic E-state index is 13.3. The molecule has 76 valence electrons. The van der Waals surface area contributed by atoms with Gasteiger partial charge >= 0.3 is 0 Å². The van der Waals surface area contributed by atoms with Crippen LogP contribution >= 0.6 is 11.6 Å². The quantitative estimate of drug-likeness (QED) is 0.787. The highest BCUT2D eigenvalue weighted by atomic mass is 35.5. The number of hydrogen-bond acceptors (Lipinski definition) is 2. The highest BCUT2D eigenvalue weighted by Gasteiger charge is 2.16. The maximum Gasteiger partial charge on any atom is 0.168 e. The Balaban J connectivity index is 3.18. The van der Waals surface area contributed by atoms with Gasteiger partial charge in [-0.2, -0.15) is 0 Å². The van der Waals surface area contributed by atoms with Gasteiger partial charge < -0.3 is 5.73 Å². The monoisotopic (exact) mass is 215 g/mol. The molecule has 0 unspecified atom stereocenters. The van der Waals surface area contributed by atoms with Crippen LogP contribution in [0.3, 0.4) is 0 Å². The lowest BCUT2D eigenvalue weighted by Crippen LogP contribution is -2.10. The molecule has 0 radical (unpaired) electrons. The van der Waals surface area contributed by atoms with Crippen molar-refractivity contribution < 1.29 is 9.18 Å². The number of carbonyl (C=O) groups excluding carboxylic acids is 1. The normalized spacial score (nSPS) is 10.3. The Morgan fingerprint density at radius 1 is 1.57 bits per heavy atom. The van der Waals surface area contributed by atoms with Gasteiger partial charge in [0.1, 0.15) is 5.82 Å². The van der Waals surface area contributed by atoms with Crippen molar-refractivity contribution >= 4 is 17.4 Å². The molecule has 14 heavy (non-hydrogen) atoms. The molecular weight excluding hydrogens is 205 g/mol. The Bertz CT molecular complexity index is 365. The van der Waals surface area contributed by atoms with E-state index in [0.717, 1.165) is 0 Å². The molecule has 1 aromatic rings. The number of rotatable bonds is 3. The summed E-state index contributed by atoms with van der Waals surface area (Å²) in [5, 5.41) is 0.184. The zero-order chi connectivity index (χ0) is 10.7. The van der Waals surface area contributed by atoms with Gasteiger partial charge in [0.25, 0.3) is 0 Å². The number of benzene rings is 1. The Morgan fingerprint density at radius 2 is 2.21 bits per heavy atom. The lowest BCUT2D eigenvalue weighted by atomic mass is 10.0. The Morgan fingerprint density at radius 3 is 2.79 bits per heavy atom. The third-order valence-corrected chi connectivity index (χ3v) is 2.42. The predicted molar refractivity (Wildman–Crippen MR) is 54.1 cm³/mol. The minimum atomic E-state index is -0.584. The summed E-state index contributed by atoms with van der Waals surface area (Å²) >= 11 is 5.83. The molecule has 0 aromatic heterocycles. The molecule has 0 bridgehead atoms. The molecular formula is C10H11ClFNO. The highest BCUT2D eigenvalue weighted by molar-refractivity contribution is 6.34. The summed E-state index contributed by atoms with van der Waals surface area (Å²) in [6, 6.07) is 2.78. The van der Waals surface area contributed by atoms with Crippen LogP contribution in [0.1, 0.15) is 22.3 Å². The van der Waals surface area contributed by atoms with Gasteiger partial charge in [0.2, 0.25) is 0 Å². The molecule has 0 saturated heterocycles. The van der Waals surface area contributed by atoms with E-state index in [1.807, 2.05) is 0 Å². The third kappa shape index (κ3) is 2.11. The van der Waals surface area contributed by atoms with E-state index in [-0.39, 0.29) is 29.3 Å². The van der Waals surface area contributed by atoms with Gasteiger partial charge in [-0.1, -0.05) is 17.7 Å². The van der Waals surface area contributed by atoms with Crippen molar-refractivity contribution in [1.29, 1.82) is 0 Å². The van der Waals surface area contributed by atoms with Crippen LogP contribution in [0.25, 0.3) is 0 Å². The summed E-state index contributed by atoms with van der Waals surface area (Å²) in [5.74, 6) is -0.933. The van der Waals surface area contributed by atoms with Gasteiger partial charge in [-0.05, 0) is 25.1 Å². The predicted octanol–water partition coefficient (Wildman–Crippen LogP) is 2.32. The Kier molecular flexibility index (Phi) is 3.61. The van der Waals surface area contributed by atoms with Crippen LogP contribution in [-0.4, -0.2) is 12.3 Å². The first kappa shape index (κ1) is 11.1. The van der Waals surface area contributed by atoms with Crippen LogP contribution in [0, 0.1) is 12.7 Å². The average Bonchev–Trinajstić information content (AvgIpc) is 2.13. The molecule has 0 aliphatic heterocycles. The first-order chi connectivity index (χ1) is 6.57. The number of Topliss-reactive ketones (excluding diaryl/α,β-unsaturated/α-hetero) is 1. The van der Waals surface area contributed by atoms with Gasteiger partial charge in [0.05, 0.1) is 10.6 Å². The lowest BCUT2D eigenvalue weighted by Gasteiger charge is -2.06. The first-order valence-electron chi connectivity index (χ1n) is 4.25. The second kappa shape index (κ2) is 4.53. The topological polar surface area (TPSA) is 43.1 Å². The zero-order valence-corrected chi connectivity index (χ0v) is 8.57. The number of aryl methyl sites for hydroxylation is 1. The molecule has 2 N–H and O–H groups in total. The smallest absolute Gasteiger partial charge is 0.168 e. The fourth-order valence-electron chi connectivity index (χ4n) is 1.17. The average molecular weight is 216 g/mol. The van der Waals surface area contributed by atoms with Crippen LogP contribution < -0.4 is 5.73 Å². The summed E-state index contributed by atoms with van der Waals surface area (Å²) in [5.41, 5.74) is 5.86. The summed E-state index contributed by atoms with van der Waals surface area (Å²) in [6.07, 6.45) is 0.111. The SMILES string of the molecule is Cc1ccc(F)c(C(=O)CCN)c1Cl. The highest BCUT2D eigenvalue weighted by Crippen LogP contribution is 2.24. The molecule has 0 amide bonds. The van der Waals surface area contributed by atoms with E-state index >= 15 is 0 Å². The van der Waals surface area contributed by atoms with Gasteiger partial charge in [-0.25, -0.2) is 4.39 Å². The van der Waals surface area contributed by atoms with Crippen LogP contribution in [0.15, 0.2) is 12.1 Å². The largest absolute Gasteiger partial charge is 0.330 e. The zero-order valence-electron chi connectivity index (χ0n) is 7.81. The van der Waals surface area contributed by atoms with Gasteiger partial charge in [-0.3, -0.25) is 4.79 Å². The van der Waals surface area contributed by atoms with E-state index in [0.29, 0.717) is 5.56 Å². The lowest BCUT2D eigenvalue weighted by molar-refractivity contribution is 0.0981. The van der Waals surface area contributed by atoms with Crippen molar-refractivity contribution in [3.05, 3.63) is 34.1 Å². The maximum absolute atomic E-state index is 13.3. The van der Waals surface area contributed by atoms with Crippen LogP contribution in [-0.2, 0) is 0 Å². The number of carbonyl (C=O) groups is 1. The minimum absolute atomic E-state index is 0.0443. The van der Waals surface area contributed by atoms with Gasteiger partial charge in [0.15, 0.2) is 5.78 Å². The summed E-state index contributed by atoms with van der Waals surface area (Å²) < 4.78 is 13.3. The molecule has 0 heterocycles. The number of nitrogens with two attached hydrogens (primary N) is 1. The fourth-order valence-corrected chi connectivity index (χ4v) is 1.43. The first-order valence-corrected chi connectivity index (χ1v) is 4.63. The molecule has 4 heteroatoms. The molecule has 0 aliphatic carbocycles. The van der Waals surface area contributed by atoms with Crippen LogP contribution in [0.2, 0.25) is 5.02 Å². The molecule has 1 aromatic carbocycles. The van der Waals surface area contributed by atoms with Crippen LogP contribution in [0.5, 0.6) is 0 Å². The van der Waals surface area contributed by atoms with Crippen molar-refractivity contribution in [2.24, 2.45) is 5.73 Å².